The van der Waals surface area contributed by atoms with Crippen molar-refractivity contribution in [2.24, 2.45) is 0 Å². The lowest BCUT2D eigenvalue weighted by atomic mass is 9.89. The molecule has 1 amide bonds. The number of carbonyl (C=O) groups excluding carboxylic acids is 1. The summed E-state index contributed by atoms with van der Waals surface area (Å²) in [6.45, 7) is 3.57. The van der Waals surface area contributed by atoms with Crippen molar-refractivity contribution in [3.8, 4) is 17.2 Å². The summed E-state index contributed by atoms with van der Waals surface area (Å²) in [6.07, 6.45) is 0.536. The lowest BCUT2D eigenvalue weighted by Crippen LogP contribution is -2.44. The van der Waals surface area contributed by atoms with Crippen molar-refractivity contribution in [3.63, 3.8) is 0 Å². The third kappa shape index (κ3) is 5.11. The van der Waals surface area contributed by atoms with Crippen molar-refractivity contribution in [3.05, 3.63) is 48.0 Å². The number of likely N-dealkylation sites (N-methyl/N-ethyl adjacent to an activating group) is 1. The van der Waals surface area contributed by atoms with Gasteiger partial charge in [0.2, 0.25) is 15.9 Å². The number of hydrogen-bond donors (Lipinski definition) is 1. The Kier molecular flexibility index (Phi) is 6.47. The predicted molar refractivity (Wildman–Crippen MR) is 116 cm³/mol. The molecule has 8 nitrogen and oxygen atoms in total. The van der Waals surface area contributed by atoms with E-state index in [1.54, 1.807) is 25.3 Å². The zero-order valence-electron chi connectivity index (χ0n) is 18.3. The van der Waals surface area contributed by atoms with Gasteiger partial charge in [0.1, 0.15) is 22.8 Å². The van der Waals surface area contributed by atoms with Crippen LogP contribution in [0.1, 0.15) is 31.9 Å². The van der Waals surface area contributed by atoms with Crippen LogP contribution in [-0.4, -0.2) is 52.0 Å². The number of ether oxygens (including phenoxy) is 3. The van der Waals surface area contributed by atoms with Gasteiger partial charge in [-0.2, -0.15) is 4.31 Å². The van der Waals surface area contributed by atoms with Gasteiger partial charge in [0.15, 0.2) is 0 Å². The fourth-order valence-corrected chi connectivity index (χ4v) is 4.67. The average Bonchev–Trinajstić information content (AvgIpc) is 2.72. The first-order valence-electron chi connectivity index (χ1n) is 9.82. The summed E-state index contributed by atoms with van der Waals surface area (Å²) in [5.74, 6) is 1.47. The summed E-state index contributed by atoms with van der Waals surface area (Å²) < 4.78 is 43.0. The third-order valence-electron chi connectivity index (χ3n) is 5.14. The van der Waals surface area contributed by atoms with E-state index in [2.05, 4.69) is 5.32 Å². The van der Waals surface area contributed by atoms with Gasteiger partial charge >= 0.3 is 0 Å². The second kappa shape index (κ2) is 8.76. The molecule has 0 unspecified atom stereocenters. The highest BCUT2D eigenvalue weighted by atomic mass is 32.2. The number of nitrogens with one attached hydrogen (secondary N) is 1. The smallest absolute Gasteiger partial charge is 0.243 e. The standard InChI is InChI=1S/C22H28N2O6S/c1-22(2)13-19(18-12-16(29-5)8-11-20(18)30-22)23-21(25)14-24(3)31(26,27)17-9-6-15(28-4)7-10-17/h6-12,19H,13-14H2,1-5H3,(H,23,25)/t19-/m1/s1. The van der Waals surface area contributed by atoms with Crippen molar-refractivity contribution < 1.29 is 27.4 Å². The summed E-state index contributed by atoms with van der Waals surface area (Å²) in [7, 11) is 0.634. The molecule has 0 bridgehead atoms. The normalized spacial score (nSPS) is 17.4. The van der Waals surface area contributed by atoms with E-state index in [-0.39, 0.29) is 17.5 Å². The molecule has 0 radical (unpaired) electrons. The summed E-state index contributed by atoms with van der Waals surface area (Å²) >= 11 is 0. The molecule has 168 valence electrons. The van der Waals surface area contributed by atoms with Crippen molar-refractivity contribution in [2.75, 3.05) is 27.8 Å². The molecule has 0 aliphatic carbocycles. The van der Waals surface area contributed by atoms with Gasteiger partial charge in [0.25, 0.3) is 0 Å². The van der Waals surface area contributed by atoms with Gasteiger partial charge in [-0.1, -0.05) is 0 Å². The van der Waals surface area contributed by atoms with Crippen LogP contribution in [0.3, 0.4) is 0 Å². The number of fused-ring (bicyclic) bond motifs is 1. The SMILES string of the molecule is COc1ccc(S(=O)(=O)N(C)CC(=O)N[C@@H]2CC(C)(C)Oc3ccc(OC)cc32)cc1. The molecule has 2 aromatic carbocycles. The first kappa shape index (κ1) is 22.9. The van der Waals surface area contributed by atoms with E-state index >= 15 is 0 Å². The zero-order chi connectivity index (χ0) is 22.8. The number of benzene rings is 2. The summed E-state index contributed by atoms with van der Waals surface area (Å²) in [5.41, 5.74) is 0.313. The Hall–Kier alpha value is -2.78. The Labute approximate surface area is 183 Å². The van der Waals surface area contributed by atoms with E-state index in [1.165, 1.54) is 26.3 Å². The Morgan fingerprint density at radius 1 is 1.13 bits per heavy atom. The Bertz CT molecular complexity index is 1050. The van der Waals surface area contributed by atoms with Crippen LogP contribution >= 0.6 is 0 Å². The van der Waals surface area contributed by atoms with E-state index < -0.39 is 21.5 Å². The van der Waals surface area contributed by atoms with Gasteiger partial charge < -0.3 is 19.5 Å². The van der Waals surface area contributed by atoms with Gasteiger partial charge in [-0.15, -0.1) is 0 Å². The zero-order valence-corrected chi connectivity index (χ0v) is 19.2. The maximum atomic E-state index is 12.8. The molecule has 0 aromatic heterocycles. The van der Waals surface area contributed by atoms with Crippen LogP contribution in [0.25, 0.3) is 0 Å². The third-order valence-corrected chi connectivity index (χ3v) is 6.96. The average molecular weight is 449 g/mol. The van der Waals surface area contributed by atoms with Gasteiger partial charge in [0.05, 0.1) is 31.7 Å². The molecule has 3 rings (SSSR count). The van der Waals surface area contributed by atoms with Crippen molar-refractivity contribution in [2.45, 2.75) is 36.8 Å². The van der Waals surface area contributed by atoms with Gasteiger partial charge in [0, 0.05) is 19.0 Å². The topological polar surface area (TPSA) is 94.2 Å². The number of methoxy groups -OCH3 is 2. The van der Waals surface area contributed by atoms with Crippen LogP contribution < -0.4 is 19.5 Å². The molecule has 1 N–H and O–H groups in total. The number of hydrogen-bond acceptors (Lipinski definition) is 6. The van der Waals surface area contributed by atoms with Gasteiger partial charge in [-0.05, 0) is 56.3 Å². The van der Waals surface area contributed by atoms with E-state index in [1.807, 2.05) is 26.0 Å². The molecule has 1 atom stereocenters. The maximum absolute atomic E-state index is 12.8. The Morgan fingerprint density at radius 3 is 2.35 bits per heavy atom. The van der Waals surface area contributed by atoms with Crippen LogP contribution in [0, 0.1) is 0 Å². The predicted octanol–water partition coefficient (Wildman–Crippen LogP) is 2.74. The molecule has 0 fully saturated rings. The molecule has 1 aliphatic rings. The molecule has 31 heavy (non-hydrogen) atoms. The highest BCUT2D eigenvalue weighted by molar-refractivity contribution is 7.89. The minimum Gasteiger partial charge on any atom is -0.497 e. The second-order valence-electron chi connectivity index (χ2n) is 8.03. The highest BCUT2D eigenvalue weighted by Crippen LogP contribution is 2.41. The van der Waals surface area contributed by atoms with Crippen LogP contribution in [0.15, 0.2) is 47.4 Å². The quantitative estimate of drug-likeness (QED) is 0.700. The van der Waals surface area contributed by atoms with Crippen LogP contribution in [0.5, 0.6) is 17.2 Å². The van der Waals surface area contributed by atoms with E-state index in [0.29, 0.717) is 23.7 Å². The summed E-state index contributed by atoms with van der Waals surface area (Å²) in [6, 6.07) is 11.1. The van der Waals surface area contributed by atoms with Gasteiger partial charge in [-0.3, -0.25) is 4.79 Å². The molecular weight excluding hydrogens is 420 g/mol. The van der Waals surface area contributed by atoms with Crippen LogP contribution in [0.4, 0.5) is 0 Å². The van der Waals surface area contributed by atoms with Crippen LogP contribution in [-0.2, 0) is 14.8 Å². The Morgan fingerprint density at radius 2 is 1.74 bits per heavy atom. The molecule has 0 spiro atoms. The molecule has 0 saturated carbocycles. The Balaban J connectivity index is 1.75. The number of rotatable bonds is 7. The van der Waals surface area contributed by atoms with Crippen molar-refractivity contribution in [1.82, 2.24) is 9.62 Å². The lowest BCUT2D eigenvalue weighted by Gasteiger charge is -2.38. The number of nitrogens with zero attached hydrogens (tertiary/aromatic N) is 1. The second-order valence-corrected chi connectivity index (χ2v) is 10.1. The van der Waals surface area contributed by atoms with E-state index in [4.69, 9.17) is 14.2 Å². The van der Waals surface area contributed by atoms with Crippen molar-refractivity contribution in [1.29, 1.82) is 0 Å². The molecule has 2 aromatic rings. The molecule has 1 aliphatic heterocycles. The fourth-order valence-electron chi connectivity index (χ4n) is 3.54. The van der Waals surface area contributed by atoms with Gasteiger partial charge in [-0.25, -0.2) is 8.42 Å². The summed E-state index contributed by atoms with van der Waals surface area (Å²) in [5, 5.41) is 2.95. The monoisotopic (exact) mass is 448 g/mol. The number of sulfonamides is 1. The summed E-state index contributed by atoms with van der Waals surface area (Å²) in [4.78, 5) is 12.9. The molecular formula is C22H28N2O6S. The largest absolute Gasteiger partial charge is 0.497 e. The minimum atomic E-state index is -3.82. The maximum Gasteiger partial charge on any atom is 0.243 e. The van der Waals surface area contributed by atoms with Crippen LogP contribution in [0.2, 0.25) is 0 Å². The molecule has 1 heterocycles. The molecule has 0 saturated heterocycles. The van der Waals surface area contributed by atoms with Crippen molar-refractivity contribution >= 4 is 15.9 Å². The minimum absolute atomic E-state index is 0.0888. The fraction of sp³-hybridized carbons (Fsp3) is 0.409. The highest BCUT2D eigenvalue weighted by Gasteiger charge is 2.35. The van der Waals surface area contributed by atoms with E-state index in [0.717, 1.165) is 9.87 Å². The van der Waals surface area contributed by atoms with E-state index in [9.17, 15) is 13.2 Å². The lowest BCUT2D eigenvalue weighted by molar-refractivity contribution is -0.122. The first-order valence-corrected chi connectivity index (χ1v) is 11.3. The first-order chi connectivity index (χ1) is 14.6. The molecule has 9 heteroatoms. The number of carbonyl (C=O) groups is 1. The number of amides is 1.